The molecule has 0 aliphatic heterocycles. The Bertz CT molecular complexity index is 1140. The number of hydrogen-bond donors (Lipinski definition) is 1. The number of nitrogens with one attached hydrogen (secondary N) is 1. The number of anilines is 1. The molecule has 1 aromatic carbocycles. The quantitative estimate of drug-likeness (QED) is 0.300. The zero-order valence-electron chi connectivity index (χ0n) is 18.0. The van der Waals surface area contributed by atoms with E-state index in [9.17, 15) is 9.59 Å². The number of thiazole rings is 1. The minimum atomic E-state index is -0.449. The van der Waals surface area contributed by atoms with Crippen molar-refractivity contribution < 1.29 is 19.1 Å². The number of thioether (sulfide) groups is 1. The molecule has 1 unspecified atom stereocenters. The molecule has 2 aromatic heterocycles. The van der Waals surface area contributed by atoms with E-state index in [1.54, 1.807) is 42.1 Å². The summed E-state index contributed by atoms with van der Waals surface area (Å²) < 4.78 is 12.5. The summed E-state index contributed by atoms with van der Waals surface area (Å²) in [7, 11) is 1.79. The van der Waals surface area contributed by atoms with E-state index in [0.717, 1.165) is 0 Å². The van der Waals surface area contributed by atoms with Gasteiger partial charge in [0, 0.05) is 23.5 Å². The molecule has 0 bridgehead atoms. The lowest BCUT2D eigenvalue weighted by Crippen LogP contribution is -2.15. The number of ether oxygens (including phenoxy) is 2. The van der Waals surface area contributed by atoms with Crippen molar-refractivity contribution >= 4 is 63.3 Å². The van der Waals surface area contributed by atoms with E-state index in [0.29, 0.717) is 44.2 Å². The third kappa shape index (κ3) is 7.07. The number of nitrogens with zero attached hydrogens (tertiary/aromatic N) is 4. The van der Waals surface area contributed by atoms with Gasteiger partial charge < -0.3 is 19.4 Å². The van der Waals surface area contributed by atoms with E-state index < -0.39 is 6.10 Å². The van der Waals surface area contributed by atoms with E-state index in [1.807, 2.05) is 6.92 Å². The number of carbonyl (C=O) groups excluding carboxylic acids is 2. The lowest BCUT2D eigenvalue weighted by molar-refractivity contribution is -0.142. The molecule has 1 atom stereocenters. The van der Waals surface area contributed by atoms with E-state index >= 15 is 0 Å². The highest BCUT2D eigenvalue weighted by Gasteiger charge is 2.19. The Labute approximate surface area is 208 Å². The number of hydrogen-bond acceptors (Lipinski definition) is 9. The fourth-order valence-corrected chi connectivity index (χ4v) is 4.48. The fourth-order valence-electron chi connectivity index (χ4n) is 2.71. The van der Waals surface area contributed by atoms with Crippen LogP contribution in [0.4, 0.5) is 5.13 Å². The second-order valence-corrected chi connectivity index (χ2v) is 9.34. The molecule has 9 nitrogen and oxygen atoms in total. The van der Waals surface area contributed by atoms with Gasteiger partial charge >= 0.3 is 5.97 Å². The van der Waals surface area contributed by atoms with Gasteiger partial charge in [0.1, 0.15) is 5.75 Å². The average molecular weight is 530 g/mol. The fraction of sp³-hybridized carbons (Fsp3) is 0.350. The molecule has 3 aromatic rings. The summed E-state index contributed by atoms with van der Waals surface area (Å²) in [6.45, 7) is 3.87. The van der Waals surface area contributed by atoms with E-state index in [1.165, 1.54) is 23.1 Å². The lowest BCUT2D eigenvalue weighted by Gasteiger charge is -2.15. The van der Waals surface area contributed by atoms with Crippen molar-refractivity contribution in [1.29, 1.82) is 0 Å². The Morgan fingerprint density at radius 2 is 2.09 bits per heavy atom. The van der Waals surface area contributed by atoms with Gasteiger partial charge in [-0.2, -0.15) is 0 Å². The van der Waals surface area contributed by atoms with Crippen molar-refractivity contribution in [2.45, 2.75) is 31.5 Å². The van der Waals surface area contributed by atoms with Crippen molar-refractivity contribution in [2.75, 3.05) is 17.7 Å². The van der Waals surface area contributed by atoms with Gasteiger partial charge in [-0.25, -0.2) is 4.98 Å². The molecule has 1 N–H and O–H groups in total. The largest absolute Gasteiger partial charge is 0.481 e. The second-order valence-electron chi connectivity index (χ2n) is 6.70. The van der Waals surface area contributed by atoms with E-state index in [-0.39, 0.29) is 24.1 Å². The van der Waals surface area contributed by atoms with Gasteiger partial charge in [-0.05, 0) is 26.0 Å². The maximum Gasteiger partial charge on any atom is 0.311 e. The first kappa shape index (κ1) is 25.3. The Hall–Kier alpha value is -2.34. The first-order valence-corrected chi connectivity index (χ1v) is 12.4. The molecule has 33 heavy (non-hydrogen) atoms. The molecule has 1 amide bonds. The minimum Gasteiger partial charge on any atom is -0.481 e. The summed E-state index contributed by atoms with van der Waals surface area (Å²) in [5.41, 5.74) is 0.549. The molecule has 0 radical (unpaired) electrons. The molecule has 0 fully saturated rings. The molecule has 0 saturated heterocycles. The van der Waals surface area contributed by atoms with Crippen LogP contribution in [0.25, 0.3) is 0 Å². The zero-order valence-corrected chi connectivity index (χ0v) is 21.1. The molecule has 0 aliphatic carbocycles. The van der Waals surface area contributed by atoms with Crippen molar-refractivity contribution in [1.82, 2.24) is 19.7 Å². The van der Waals surface area contributed by atoms with Crippen LogP contribution in [-0.2, 0) is 27.8 Å². The number of esters is 1. The molecule has 2 heterocycles. The van der Waals surface area contributed by atoms with Gasteiger partial charge in [0.2, 0.25) is 5.91 Å². The standard InChI is InChI=1S/C20H21Cl2N5O4S2/c1-4-30-17(29)8-13-9-32-19(23-13)24-16(28)10-33-20-26-25-18(27(20)3)11(2)31-15-7-12(21)5-6-14(15)22/h5-7,9,11H,4,8,10H2,1-3H3,(H,23,24,28). The highest BCUT2D eigenvalue weighted by molar-refractivity contribution is 7.99. The summed E-state index contributed by atoms with van der Waals surface area (Å²) >= 11 is 14.6. The molecule has 0 aliphatic rings. The van der Waals surface area contributed by atoms with Crippen LogP contribution in [0.2, 0.25) is 10.0 Å². The van der Waals surface area contributed by atoms with Crippen LogP contribution in [0.15, 0.2) is 28.7 Å². The summed E-state index contributed by atoms with van der Waals surface area (Å²) in [6, 6.07) is 4.97. The monoisotopic (exact) mass is 529 g/mol. The van der Waals surface area contributed by atoms with Gasteiger partial charge in [0.05, 0.1) is 29.5 Å². The predicted molar refractivity (Wildman–Crippen MR) is 128 cm³/mol. The van der Waals surface area contributed by atoms with Gasteiger partial charge in [-0.1, -0.05) is 35.0 Å². The normalized spacial score (nSPS) is 11.8. The Kier molecular flexibility index (Phi) is 8.95. The van der Waals surface area contributed by atoms with Crippen LogP contribution >= 0.6 is 46.3 Å². The Morgan fingerprint density at radius 1 is 1.30 bits per heavy atom. The molecule has 13 heteroatoms. The van der Waals surface area contributed by atoms with Gasteiger partial charge in [-0.3, -0.25) is 9.59 Å². The SMILES string of the molecule is CCOC(=O)Cc1csc(NC(=O)CSc2nnc(C(C)Oc3cc(Cl)ccc3Cl)n2C)n1. The summed E-state index contributed by atoms with van der Waals surface area (Å²) in [4.78, 5) is 28.1. The number of rotatable bonds is 10. The molecular weight excluding hydrogens is 509 g/mol. The van der Waals surface area contributed by atoms with Gasteiger partial charge in [0.15, 0.2) is 22.2 Å². The van der Waals surface area contributed by atoms with Crippen molar-refractivity contribution in [3.63, 3.8) is 0 Å². The van der Waals surface area contributed by atoms with Gasteiger partial charge in [-0.15, -0.1) is 21.5 Å². The van der Waals surface area contributed by atoms with Crippen LogP contribution in [0.3, 0.4) is 0 Å². The minimum absolute atomic E-state index is 0.0668. The molecule has 176 valence electrons. The first-order valence-electron chi connectivity index (χ1n) is 9.80. The summed E-state index contributed by atoms with van der Waals surface area (Å²) in [5, 5.41) is 14.7. The number of aromatic nitrogens is 4. The second kappa shape index (κ2) is 11.7. The number of carbonyl (C=O) groups is 2. The molecule has 0 saturated carbocycles. The van der Waals surface area contributed by atoms with Crippen molar-refractivity contribution in [3.8, 4) is 5.75 Å². The smallest absolute Gasteiger partial charge is 0.311 e. The average Bonchev–Trinajstić information content (AvgIpc) is 3.35. The Balaban J connectivity index is 1.54. The highest BCUT2D eigenvalue weighted by Crippen LogP contribution is 2.31. The third-order valence-electron chi connectivity index (χ3n) is 4.19. The third-order valence-corrected chi connectivity index (χ3v) is 6.56. The molecule has 3 rings (SSSR count). The Morgan fingerprint density at radius 3 is 2.85 bits per heavy atom. The predicted octanol–water partition coefficient (Wildman–Crippen LogP) is 4.55. The molecule has 0 spiro atoms. The maximum atomic E-state index is 12.3. The first-order chi connectivity index (χ1) is 15.8. The lowest BCUT2D eigenvalue weighted by atomic mass is 10.3. The van der Waals surface area contributed by atoms with Crippen LogP contribution < -0.4 is 10.1 Å². The number of amides is 1. The van der Waals surface area contributed by atoms with Crippen LogP contribution in [0, 0.1) is 0 Å². The van der Waals surface area contributed by atoms with Crippen molar-refractivity contribution in [3.05, 3.63) is 45.1 Å². The van der Waals surface area contributed by atoms with Gasteiger partial charge in [0.25, 0.3) is 0 Å². The zero-order chi connectivity index (χ0) is 24.0. The van der Waals surface area contributed by atoms with Crippen LogP contribution in [0.1, 0.15) is 31.5 Å². The van der Waals surface area contributed by atoms with E-state index in [4.69, 9.17) is 32.7 Å². The summed E-state index contributed by atoms with van der Waals surface area (Å²) in [5.74, 6) is 0.506. The van der Waals surface area contributed by atoms with Crippen LogP contribution in [0.5, 0.6) is 5.75 Å². The summed E-state index contributed by atoms with van der Waals surface area (Å²) in [6.07, 6.45) is -0.382. The van der Waals surface area contributed by atoms with Crippen molar-refractivity contribution in [2.24, 2.45) is 7.05 Å². The topological polar surface area (TPSA) is 108 Å². The highest BCUT2D eigenvalue weighted by atomic mass is 35.5. The van der Waals surface area contributed by atoms with E-state index in [2.05, 4.69) is 20.5 Å². The number of benzene rings is 1. The molecular formula is C20H21Cl2N5O4S2. The maximum absolute atomic E-state index is 12.3. The number of halogens is 2. The van der Waals surface area contributed by atoms with Crippen LogP contribution in [-0.4, -0.2) is 44.0 Å².